The summed E-state index contributed by atoms with van der Waals surface area (Å²) in [4.78, 5) is 28.1. The Morgan fingerprint density at radius 3 is 2.44 bits per heavy atom. The number of benzene rings is 1. The number of nitro groups is 1. The molecule has 1 aromatic heterocycles. The largest absolute Gasteiger partial charge is 0.475 e. The average Bonchev–Trinajstić information content (AvgIpc) is 2.39. The van der Waals surface area contributed by atoms with Gasteiger partial charge in [0.15, 0.2) is 0 Å². The summed E-state index contributed by atoms with van der Waals surface area (Å²) in [5.41, 5.74) is 0.953. The second kappa shape index (κ2) is 4.58. The van der Waals surface area contributed by atoms with Gasteiger partial charge in [0.2, 0.25) is 5.82 Å². The molecule has 1 heterocycles. The van der Waals surface area contributed by atoms with Crippen LogP contribution in [-0.2, 0) is 0 Å². The van der Waals surface area contributed by atoms with Gasteiger partial charge in [-0.25, -0.2) is 14.8 Å². The molecule has 0 aliphatic rings. The molecular formula is C11H7N3O4. The fourth-order valence-electron chi connectivity index (χ4n) is 1.38. The van der Waals surface area contributed by atoms with Crippen LogP contribution in [0.2, 0.25) is 0 Å². The number of nitro benzene ring substituents is 1. The lowest BCUT2D eigenvalue weighted by molar-refractivity contribution is -0.384. The zero-order valence-corrected chi connectivity index (χ0v) is 8.98. The molecule has 0 spiro atoms. The predicted molar refractivity (Wildman–Crippen MR) is 61.1 cm³/mol. The molecule has 0 bridgehead atoms. The van der Waals surface area contributed by atoms with Crippen LogP contribution in [-0.4, -0.2) is 26.0 Å². The Bertz CT molecular complexity index is 610. The molecule has 0 aliphatic carbocycles. The summed E-state index contributed by atoms with van der Waals surface area (Å²) in [5, 5.41) is 19.3. The third-order valence-corrected chi connectivity index (χ3v) is 2.22. The monoisotopic (exact) mass is 245 g/mol. The lowest BCUT2D eigenvalue weighted by atomic mass is 10.1. The van der Waals surface area contributed by atoms with Gasteiger partial charge in [0.25, 0.3) is 5.69 Å². The van der Waals surface area contributed by atoms with E-state index in [4.69, 9.17) is 5.11 Å². The molecule has 0 amide bonds. The maximum atomic E-state index is 10.7. The number of aromatic carboxylic acids is 1. The number of rotatable bonds is 3. The third-order valence-electron chi connectivity index (χ3n) is 2.22. The van der Waals surface area contributed by atoms with E-state index in [-0.39, 0.29) is 11.5 Å². The van der Waals surface area contributed by atoms with E-state index in [1.807, 2.05) is 0 Å². The highest BCUT2D eigenvalue weighted by atomic mass is 16.6. The van der Waals surface area contributed by atoms with E-state index in [9.17, 15) is 14.9 Å². The highest BCUT2D eigenvalue weighted by Gasteiger charge is 2.09. The minimum Gasteiger partial charge on any atom is -0.475 e. The third kappa shape index (κ3) is 2.29. The fourth-order valence-corrected chi connectivity index (χ4v) is 1.38. The van der Waals surface area contributed by atoms with Crippen molar-refractivity contribution in [3.05, 3.63) is 52.5 Å². The summed E-state index contributed by atoms with van der Waals surface area (Å²) in [6, 6.07) is 7.21. The summed E-state index contributed by atoms with van der Waals surface area (Å²) in [7, 11) is 0. The molecular weight excluding hydrogens is 238 g/mol. The molecule has 2 rings (SSSR count). The van der Waals surface area contributed by atoms with Gasteiger partial charge >= 0.3 is 5.97 Å². The molecule has 90 valence electrons. The number of non-ortho nitro benzene ring substituents is 1. The van der Waals surface area contributed by atoms with Crippen molar-refractivity contribution in [3.8, 4) is 11.3 Å². The predicted octanol–water partition coefficient (Wildman–Crippen LogP) is 1.75. The van der Waals surface area contributed by atoms with Gasteiger partial charge in [0, 0.05) is 23.9 Å². The first-order valence-electron chi connectivity index (χ1n) is 4.89. The number of carbonyl (C=O) groups is 1. The average molecular weight is 245 g/mol. The van der Waals surface area contributed by atoms with Gasteiger partial charge in [-0.15, -0.1) is 0 Å². The Morgan fingerprint density at radius 2 is 1.89 bits per heavy atom. The van der Waals surface area contributed by atoms with Crippen LogP contribution in [0.3, 0.4) is 0 Å². The van der Waals surface area contributed by atoms with Gasteiger partial charge in [0.1, 0.15) is 0 Å². The molecule has 18 heavy (non-hydrogen) atoms. The Morgan fingerprint density at radius 1 is 1.22 bits per heavy atom. The lowest BCUT2D eigenvalue weighted by Crippen LogP contribution is -2.04. The molecule has 0 atom stereocenters. The molecule has 7 heteroatoms. The van der Waals surface area contributed by atoms with Crippen molar-refractivity contribution in [2.24, 2.45) is 0 Å². The molecule has 0 aliphatic heterocycles. The highest BCUT2D eigenvalue weighted by Crippen LogP contribution is 2.20. The normalized spacial score (nSPS) is 10.0. The van der Waals surface area contributed by atoms with Gasteiger partial charge in [-0.05, 0) is 18.2 Å². The van der Waals surface area contributed by atoms with Crippen LogP contribution in [0.15, 0.2) is 36.5 Å². The Hall–Kier alpha value is -2.83. The summed E-state index contributed by atoms with van der Waals surface area (Å²) in [5.74, 6) is -1.54. The number of aromatic nitrogens is 2. The number of nitrogens with zero attached hydrogens (tertiary/aromatic N) is 3. The summed E-state index contributed by atoms with van der Waals surface area (Å²) in [6.45, 7) is 0. The number of carboxylic acid groups (broad SMARTS) is 1. The van der Waals surface area contributed by atoms with Gasteiger partial charge in [-0.3, -0.25) is 10.1 Å². The highest BCUT2D eigenvalue weighted by molar-refractivity contribution is 5.83. The summed E-state index contributed by atoms with van der Waals surface area (Å²) in [6.07, 6.45) is 1.33. The van der Waals surface area contributed by atoms with Crippen LogP contribution in [0.4, 0.5) is 5.69 Å². The molecule has 0 unspecified atom stereocenters. The number of carboxylic acids is 1. The van der Waals surface area contributed by atoms with E-state index in [0.717, 1.165) is 0 Å². The van der Waals surface area contributed by atoms with Crippen molar-refractivity contribution in [1.82, 2.24) is 9.97 Å². The standard InChI is InChI=1S/C11H7N3O4/c15-11(16)10-12-6-5-9(13-10)7-1-3-8(4-2-7)14(17)18/h1-6H,(H,15,16). The van der Waals surface area contributed by atoms with Crippen LogP contribution in [0.5, 0.6) is 0 Å². The van der Waals surface area contributed by atoms with E-state index < -0.39 is 10.9 Å². The topological polar surface area (TPSA) is 106 Å². The fraction of sp³-hybridized carbons (Fsp3) is 0. The van der Waals surface area contributed by atoms with Crippen molar-refractivity contribution in [2.75, 3.05) is 0 Å². The Kier molecular flexibility index (Phi) is 2.96. The van der Waals surface area contributed by atoms with Crippen molar-refractivity contribution >= 4 is 11.7 Å². The van der Waals surface area contributed by atoms with Gasteiger partial charge in [-0.2, -0.15) is 0 Å². The van der Waals surface area contributed by atoms with E-state index in [0.29, 0.717) is 11.3 Å². The van der Waals surface area contributed by atoms with Crippen LogP contribution >= 0.6 is 0 Å². The van der Waals surface area contributed by atoms with E-state index in [1.54, 1.807) is 0 Å². The minimum absolute atomic E-state index is 0.0359. The molecule has 0 saturated heterocycles. The second-order valence-corrected chi connectivity index (χ2v) is 3.37. The zero-order valence-electron chi connectivity index (χ0n) is 8.98. The van der Waals surface area contributed by atoms with Crippen molar-refractivity contribution < 1.29 is 14.8 Å². The van der Waals surface area contributed by atoms with E-state index in [1.165, 1.54) is 36.5 Å². The maximum Gasteiger partial charge on any atom is 0.373 e. The number of hydrogen-bond acceptors (Lipinski definition) is 5. The maximum absolute atomic E-state index is 10.7. The molecule has 0 fully saturated rings. The van der Waals surface area contributed by atoms with Gasteiger partial charge < -0.3 is 5.11 Å². The summed E-state index contributed by atoms with van der Waals surface area (Å²) >= 11 is 0. The first kappa shape index (κ1) is 11.6. The van der Waals surface area contributed by atoms with Crippen LogP contribution in [0.1, 0.15) is 10.6 Å². The molecule has 1 N–H and O–H groups in total. The second-order valence-electron chi connectivity index (χ2n) is 3.37. The SMILES string of the molecule is O=C(O)c1nccc(-c2ccc([N+](=O)[O-])cc2)n1. The first-order valence-corrected chi connectivity index (χ1v) is 4.89. The van der Waals surface area contributed by atoms with E-state index in [2.05, 4.69) is 9.97 Å². The van der Waals surface area contributed by atoms with Crippen molar-refractivity contribution in [3.63, 3.8) is 0 Å². The first-order chi connectivity index (χ1) is 8.58. The van der Waals surface area contributed by atoms with Crippen LogP contribution in [0.25, 0.3) is 11.3 Å². The Balaban J connectivity index is 2.39. The molecule has 2 aromatic rings. The molecule has 1 aromatic carbocycles. The van der Waals surface area contributed by atoms with E-state index >= 15 is 0 Å². The molecule has 0 radical (unpaired) electrons. The van der Waals surface area contributed by atoms with Crippen LogP contribution in [0, 0.1) is 10.1 Å². The number of hydrogen-bond donors (Lipinski definition) is 1. The zero-order chi connectivity index (χ0) is 13.1. The van der Waals surface area contributed by atoms with Gasteiger partial charge in [-0.1, -0.05) is 0 Å². The smallest absolute Gasteiger partial charge is 0.373 e. The quantitative estimate of drug-likeness (QED) is 0.652. The van der Waals surface area contributed by atoms with Crippen molar-refractivity contribution in [2.45, 2.75) is 0 Å². The van der Waals surface area contributed by atoms with Crippen molar-refractivity contribution in [1.29, 1.82) is 0 Å². The van der Waals surface area contributed by atoms with Gasteiger partial charge in [0.05, 0.1) is 10.6 Å². The lowest BCUT2D eigenvalue weighted by Gasteiger charge is -2.01. The van der Waals surface area contributed by atoms with Crippen LogP contribution < -0.4 is 0 Å². The minimum atomic E-state index is -1.22. The summed E-state index contributed by atoms with van der Waals surface area (Å²) < 4.78 is 0. The molecule has 7 nitrogen and oxygen atoms in total. The molecule has 0 saturated carbocycles. The Labute approximate surface area is 101 Å².